The summed E-state index contributed by atoms with van der Waals surface area (Å²) >= 11 is 0. The van der Waals surface area contributed by atoms with Crippen LogP contribution in [0.5, 0.6) is 0 Å². The van der Waals surface area contributed by atoms with Gasteiger partial charge in [-0.15, -0.1) is 0 Å². The van der Waals surface area contributed by atoms with Crippen LogP contribution in [0.4, 0.5) is 17.1 Å². The van der Waals surface area contributed by atoms with E-state index in [0.29, 0.717) is 0 Å². The van der Waals surface area contributed by atoms with Crippen molar-refractivity contribution in [1.82, 2.24) is 0 Å². The molecule has 3 heteroatoms. The Bertz CT molecular complexity index is 4630. The van der Waals surface area contributed by atoms with Crippen molar-refractivity contribution >= 4 is 60.9 Å². The van der Waals surface area contributed by atoms with Crippen molar-refractivity contribution in [2.24, 2.45) is 0 Å². The second-order valence-electron chi connectivity index (χ2n) is 21.5. The Balaban J connectivity index is 0.888. The van der Waals surface area contributed by atoms with E-state index in [0.717, 1.165) is 83.2 Å². The summed E-state index contributed by atoms with van der Waals surface area (Å²) in [5.74, 6) is 0. The first-order valence-electron chi connectivity index (χ1n) is 28.1. The zero-order valence-corrected chi connectivity index (χ0v) is 44.7. The minimum absolute atomic E-state index is 0.654. The van der Waals surface area contributed by atoms with Gasteiger partial charge in [0.05, 0.1) is 5.41 Å². The molecule has 0 spiro atoms. The van der Waals surface area contributed by atoms with Crippen molar-refractivity contribution in [2.45, 2.75) is 5.41 Å². The smallest absolute Gasteiger partial charge is 0.143 e. The number of rotatable bonds is 10. The van der Waals surface area contributed by atoms with Crippen LogP contribution < -0.4 is 4.90 Å². The molecule has 13 aromatic carbocycles. The van der Waals surface area contributed by atoms with Gasteiger partial charge >= 0.3 is 0 Å². The van der Waals surface area contributed by atoms with E-state index in [1.807, 2.05) is 24.3 Å². The number of nitrogens with zero attached hydrogens (tertiary/aromatic N) is 1. The molecule has 0 atom stereocenters. The van der Waals surface area contributed by atoms with Crippen molar-refractivity contribution in [2.75, 3.05) is 4.90 Å². The first-order valence-corrected chi connectivity index (χ1v) is 28.1. The molecule has 0 amide bonds. The summed E-state index contributed by atoms with van der Waals surface area (Å²) in [7, 11) is 0. The summed E-state index contributed by atoms with van der Waals surface area (Å²) < 4.78 is 13.1. The van der Waals surface area contributed by atoms with Crippen molar-refractivity contribution < 1.29 is 8.83 Å². The number of para-hydroxylation sites is 4. The van der Waals surface area contributed by atoms with Gasteiger partial charge in [0.1, 0.15) is 22.3 Å². The monoisotopic (exact) mass is 1050 g/mol. The summed E-state index contributed by atoms with van der Waals surface area (Å²) in [6.45, 7) is 0. The molecule has 16 rings (SSSR count). The van der Waals surface area contributed by atoms with Crippen LogP contribution in [0.3, 0.4) is 0 Å². The molecule has 1 aliphatic carbocycles. The minimum atomic E-state index is -0.654. The Morgan fingerprint density at radius 2 is 0.646 bits per heavy atom. The fourth-order valence-electron chi connectivity index (χ4n) is 13.2. The van der Waals surface area contributed by atoms with Crippen LogP contribution in [0.2, 0.25) is 0 Å². The number of benzene rings is 13. The predicted octanol–water partition coefficient (Wildman–Crippen LogP) is 21.7. The Labute approximate surface area is 475 Å². The quantitative estimate of drug-likeness (QED) is 0.137. The fraction of sp³-hybridized carbons (Fsp3) is 0.0127. The standard InChI is InChI=1S/C79H51NO2/c1-5-19-52(20-6-1)57-47-58(53-21-7-2-8-22-53)49-59(48-57)56-39-46-73-72(50-56)67-45-44-64(51-74(67)79(73,60-23-9-3-10-24-60)61-25-11-4-12-26-61)80(62-40-35-54(36-41-62)65-29-17-31-70-68-27-13-15-33-75(68)81-77(65)70)63-42-37-55(38-43-63)66-30-18-32-71-69-28-14-16-34-76(69)82-78(66)71/h1-51H. The van der Waals surface area contributed by atoms with Gasteiger partial charge in [-0.1, -0.05) is 237 Å². The highest BCUT2D eigenvalue weighted by atomic mass is 16.3. The maximum absolute atomic E-state index is 6.57. The number of hydrogen-bond donors (Lipinski definition) is 0. The first kappa shape index (κ1) is 47.3. The zero-order chi connectivity index (χ0) is 54.1. The number of fused-ring (bicyclic) bond motifs is 9. The van der Waals surface area contributed by atoms with Crippen LogP contribution >= 0.6 is 0 Å². The molecule has 0 fully saturated rings. The highest BCUT2D eigenvalue weighted by Gasteiger charge is 2.46. The molecule has 0 unspecified atom stereocenters. The zero-order valence-electron chi connectivity index (χ0n) is 44.7. The Morgan fingerprint density at radius 3 is 1.15 bits per heavy atom. The van der Waals surface area contributed by atoms with E-state index in [1.165, 1.54) is 66.8 Å². The third-order valence-corrected chi connectivity index (χ3v) is 17.0. The Morgan fingerprint density at radius 1 is 0.232 bits per heavy atom. The molecule has 82 heavy (non-hydrogen) atoms. The molecule has 0 aliphatic heterocycles. The lowest BCUT2D eigenvalue weighted by atomic mass is 9.67. The first-order chi connectivity index (χ1) is 40.6. The fourth-order valence-corrected chi connectivity index (χ4v) is 13.2. The molecule has 15 aromatic rings. The average molecular weight is 1050 g/mol. The highest BCUT2D eigenvalue weighted by Crippen LogP contribution is 2.58. The summed E-state index contributed by atoms with van der Waals surface area (Å²) in [6, 6.07) is 113. The molecular formula is C79H51NO2. The largest absolute Gasteiger partial charge is 0.455 e. The third-order valence-electron chi connectivity index (χ3n) is 17.0. The van der Waals surface area contributed by atoms with Gasteiger partial charge in [0.15, 0.2) is 0 Å². The predicted molar refractivity (Wildman–Crippen MR) is 340 cm³/mol. The van der Waals surface area contributed by atoms with E-state index in [4.69, 9.17) is 8.83 Å². The molecular weight excluding hydrogens is 995 g/mol. The van der Waals surface area contributed by atoms with Gasteiger partial charge in [-0.05, 0) is 151 Å². The van der Waals surface area contributed by atoms with E-state index in [9.17, 15) is 0 Å². The lowest BCUT2D eigenvalue weighted by Gasteiger charge is -2.35. The van der Waals surface area contributed by atoms with Gasteiger partial charge in [-0.25, -0.2) is 0 Å². The van der Waals surface area contributed by atoms with E-state index < -0.39 is 5.41 Å². The van der Waals surface area contributed by atoms with Crippen LogP contribution in [0, 0.1) is 0 Å². The van der Waals surface area contributed by atoms with Crippen LogP contribution in [0.15, 0.2) is 318 Å². The second-order valence-corrected chi connectivity index (χ2v) is 21.5. The van der Waals surface area contributed by atoms with Gasteiger partial charge < -0.3 is 13.7 Å². The SMILES string of the molecule is c1ccc(-c2cc(-c3ccccc3)cc(-c3ccc4c(c3)-c3ccc(N(c5ccc(-c6cccc7c6oc6ccccc67)cc5)c5ccc(-c6cccc7c6oc6ccccc67)cc5)cc3C4(c3ccccc3)c3ccccc3)c2)cc1. The summed E-state index contributed by atoms with van der Waals surface area (Å²) in [4.78, 5) is 2.41. The molecule has 2 heterocycles. The van der Waals surface area contributed by atoms with Crippen molar-refractivity contribution in [1.29, 1.82) is 0 Å². The molecule has 0 bridgehead atoms. The minimum Gasteiger partial charge on any atom is -0.455 e. The summed E-state index contributed by atoms with van der Waals surface area (Å²) in [5, 5.41) is 4.46. The van der Waals surface area contributed by atoms with Gasteiger partial charge in [0.2, 0.25) is 0 Å². The highest BCUT2D eigenvalue weighted by molar-refractivity contribution is 6.11. The third kappa shape index (κ3) is 7.66. The van der Waals surface area contributed by atoms with Gasteiger partial charge in [0, 0.05) is 49.7 Å². The topological polar surface area (TPSA) is 29.5 Å². The molecule has 0 saturated heterocycles. The van der Waals surface area contributed by atoms with E-state index in [2.05, 4.69) is 290 Å². The van der Waals surface area contributed by atoms with Crippen molar-refractivity contribution in [3.63, 3.8) is 0 Å². The van der Waals surface area contributed by atoms with Crippen LogP contribution in [-0.4, -0.2) is 0 Å². The van der Waals surface area contributed by atoms with Gasteiger partial charge in [-0.2, -0.15) is 0 Å². The number of furan rings is 2. The summed E-state index contributed by atoms with van der Waals surface area (Å²) in [6.07, 6.45) is 0. The maximum atomic E-state index is 6.57. The van der Waals surface area contributed by atoms with Gasteiger partial charge in [-0.3, -0.25) is 0 Å². The molecule has 384 valence electrons. The molecule has 3 nitrogen and oxygen atoms in total. The maximum Gasteiger partial charge on any atom is 0.143 e. The lowest BCUT2D eigenvalue weighted by molar-refractivity contribution is 0.669. The van der Waals surface area contributed by atoms with Crippen LogP contribution in [0.25, 0.3) is 111 Å². The molecule has 0 N–H and O–H groups in total. The number of hydrogen-bond acceptors (Lipinski definition) is 3. The second kappa shape index (κ2) is 19.3. The molecule has 0 saturated carbocycles. The molecule has 1 aliphatic rings. The average Bonchev–Trinajstić information content (AvgIpc) is 4.12. The van der Waals surface area contributed by atoms with Crippen LogP contribution in [-0.2, 0) is 5.41 Å². The molecule has 0 radical (unpaired) electrons. The van der Waals surface area contributed by atoms with E-state index >= 15 is 0 Å². The Kier molecular flexibility index (Phi) is 11.1. The van der Waals surface area contributed by atoms with Gasteiger partial charge in [0.25, 0.3) is 0 Å². The molecule has 2 aromatic heterocycles. The van der Waals surface area contributed by atoms with E-state index in [1.54, 1.807) is 0 Å². The van der Waals surface area contributed by atoms with Crippen molar-refractivity contribution in [3.8, 4) is 66.8 Å². The summed E-state index contributed by atoms with van der Waals surface area (Å²) in [5.41, 5.74) is 24.7. The Hall–Kier alpha value is -10.7. The van der Waals surface area contributed by atoms with Crippen LogP contribution in [0.1, 0.15) is 22.3 Å². The number of anilines is 3. The lowest BCUT2D eigenvalue weighted by Crippen LogP contribution is -2.28. The van der Waals surface area contributed by atoms with E-state index in [-0.39, 0.29) is 0 Å². The van der Waals surface area contributed by atoms with Crippen molar-refractivity contribution in [3.05, 3.63) is 332 Å². The normalized spacial score (nSPS) is 12.5.